The number of hydrogen-bond acceptors (Lipinski definition) is 9. The van der Waals surface area contributed by atoms with Crippen molar-refractivity contribution in [2.75, 3.05) is 20.1 Å². The molecule has 41 heavy (non-hydrogen) atoms. The largest absolute Gasteiger partial charge is 0.481 e. The molecule has 1 amide bonds. The van der Waals surface area contributed by atoms with Crippen LogP contribution in [-0.2, 0) is 38.4 Å². The number of nitrogens with zero attached hydrogens (tertiary/aromatic N) is 1. The van der Waals surface area contributed by atoms with E-state index in [2.05, 4.69) is 5.32 Å². The standard InChI is InChI=1S/C13H21NO6.C8H14O3.C6H11NO3/c1-3-9(6-12(17)18)5-11(16)14-10(4-8(2)15)7-13(19)20;1-3-7(4-6(2)9)5-8(10)11;1-5(8)3-7(2)4-6(9)10/h9-10H,3-7H2,1-2H3,(H,14,16)(H,17,18)(H,19,20);7H,3-5H2,1-2H3,(H,10,11);3-4H2,1-2H3,(H,9,10). The summed E-state index contributed by atoms with van der Waals surface area (Å²) in [6.45, 7) is 8.04. The molecule has 0 aliphatic rings. The Labute approximate surface area is 240 Å². The summed E-state index contributed by atoms with van der Waals surface area (Å²) in [4.78, 5) is 86.8. The van der Waals surface area contributed by atoms with Gasteiger partial charge in [0.1, 0.15) is 17.3 Å². The first-order valence-corrected chi connectivity index (χ1v) is 13.2. The van der Waals surface area contributed by atoms with Gasteiger partial charge in [-0.05, 0) is 39.7 Å². The van der Waals surface area contributed by atoms with Crippen molar-refractivity contribution in [2.45, 2.75) is 92.0 Å². The average molecular weight is 591 g/mol. The fourth-order valence-electron chi connectivity index (χ4n) is 3.57. The fourth-order valence-corrected chi connectivity index (χ4v) is 3.57. The Kier molecular flexibility index (Phi) is 24.6. The van der Waals surface area contributed by atoms with Crippen LogP contribution in [0.25, 0.3) is 0 Å². The maximum atomic E-state index is 11.8. The van der Waals surface area contributed by atoms with Crippen molar-refractivity contribution < 1.29 is 58.8 Å². The Bertz CT molecular complexity index is 840. The molecule has 0 aromatic heterocycles. The van der Waals surface area contributed by atoms with Gasteiger partial charge in [0.25, 0.3) is 0 Å². The van der Waals surface area contributed by atoms with Crippen molar-refractivity contribution in [1.29, 1.82) is 0 Å². The van der Waals surface area contributed by atoms with E-state index in [1.54, 1.807) is 14.0 Å². The Morgan fingerprint density at radius 2 is 0.976 bits per heavy atom. The number of carboxylic acid groups (broad SMARTS) is 4. The fraction of sp³-hybridized carbons (Fsp3) is 0.704. The zero-order chi connectivity index (χ0) is 32.7. The number of Topliss-reactive ketones (excluding diaryl/α,β-unsaturated/α-hetero) is 3. The van der Waals surface area contributed by atoms with Gasteiger partial charge in [-0.3, -0.25) is 38.5 Å². The predicted molar refractivity (Wildman–Crippen MR) is 147 cm³/mol. The minimum atomic E-state index is -1.10. The Morgan fingerprint density at radius 3 is 1.29 bits per heavy atom. The van der Waals surface area contributed by atoms with Gasteiger partial charge in [0.05, 0.1) is 19.5 Å². The smallest absolute Gasteiger partial charge is 0.317 e. The summed E-state index contributed by atoms with van der Waals surface area (Å²) in [6.07, 6.45) is 1.31. The number of rotatable bonds is 19. The maximum Gasteiger partial charge on any atom is 0.317 e. The Balaban J connectivity index is -0.000000581. The molecule has 14 heteroatoms. The SMILES string of the molecule is CC(=O)CN(C)CC(=O)O.CCC(CC(=O)O)CC(=O)NC(CC(C)=O)CC(=O)O.CCC(CC(C)=O)CC(=O)O. The number of ketones is 3. The van der Waals surface area contributed by atoms with Gasteiger partial charge in [0.15, 0.2) is 0 Å². The van der Waals surface area contributed by atoms with Crippen LogP contribution >= 0.6 is 0 Å². The van der Waals surface area contributed by atoms with E-state index < -0.39 is 35.8 Å². The Morgan fingerprint density at radius 1 is 0.561 bits per heavy atom. The number of carbonyl (C=O) groups excluding carboxylic acids is 4. The van der Waals surface area contributed by atoms with Gasteiger partial charge >= 0.3 is 23.9 Å². The van der Waals surface area contributed by atoms with E-state index in [1.807, 2.05) is 6.92 Å². The molecule has 5 N–H and O–H groups in total. The van der Waals surface area contributed by atoms with Crippen molar-refractivity contribution in [2.24, 2.45) is 11.8 Å². The van der Waals surface area contributed by atoms with Crippen molar-refractivity contribution in [3.05, 3.63) is 0 Å². The molecule has 0 aliphatic heterocycles. The van der Waals surface area contributed by atoms with Gasteiger partial charge < -0.3 is 30.5 Å². The van der Waals surface area contributed by atoms with E-state index in [4.69, 9.17) is 20.4 Å². The number of carboxylic acids is 4. The molecule has 236 valence electrons. The number of amides is 1. The monoisotopic (exact) mass is 590 g/mol. The third-order valence-corrected chi connectivity index (χ3v) is 5.35. The molecule has 0 fully saturated rings. The molecule has 0 radical (unpaired) electrons. The second kappa shape index (κ2) is 24.1. The molecule has 0 saturated carbocycles. The number of nitrogens with one attached hydrogen (secondary N) is 1. The topological polar surface area (TPSA) is 233 Å². The van der Waals surface area contributed by atoms with Gasteiger partial charge in [-0.2, -0.15) is 0 Å². The molecular weight excluding hydrogens is 544 g/mol. The molecule has 14 nitrogen and oxygen atoms in total. The van der Waals surface area contributed by atoms with E-state index in [1.165, 1.54) is 25.7 Å². The molecule has 0 heterocycles. The minimum absolute atomic E-state index is 0.0107. The molecular formula is C27H46N2O12. The molecule has 3 unspecified atom stereocenters. The second-order valence-corrected chi connectivity index (χ2v) is 9.89. The molecule has 3 atom stereocenters. The molecule has 0 aromatic rings. The van der Waals surface area contributed by atoms with Crippen LogP contribution in [0.5, 0.6) is 0 Å². The summed E-state index contributed by atoms with van der Waals surface area (Å²) >= 11 is 0. The Hall–Kier alpha value is -3.68. The summed E-state index contributed by atoms with van der Waals surface area (Å²) in [5.74, 6) is -4.69. The lowest BCUT2D eigenvalue weighted by atomic mass is 9.97. The van der Waals surface area contributed by atoms with Crippen LogP contribution in [0.2, 0.25) is 0 Å². The third kappa shape index (κ3) is 32.4. The average Bonchev–Trinajstić information content (AvgIpc) is 2.75. The summed E-state index contributed by atoms with van der Waals surface area (Å²) in [5.41, 5.74) is 0. The van der Waals surface area contributed by atoms with Crippen LogP contribution < -0.4 is 5.32 Å². The van der Waals surface area contributed by atoms with E-state index in [-0.39, 0.29) is 74.4 Å². The van der Waals surface area contributed by atoms with Crippen LogP contribution in [0.4, 0.5) is 0 Å². The van der Waals surface area contributed by atoms with E-state index >= 15 is 0 Å². The van der Waals surface area contributed by atoms with Crippen LogP contribution in [0, 0.1) is 11.8 Å². The first kappa shape index (κ1) is 41.8. The maximum absolute atomic E-state index is 11.8. The molecule has 0 saturated heterocycles. The number of hydrogen-bond donors (Lipinski definition) is 5. The lowest BCUT2D eigenvalue weighted by Gasteiger charge is -2.18. The molecule has 0 aliphatic carbocycles. The van der Waals surface area contributed by atoms with Crippen LogP contribution in [0.3, 0.4) is 0 Å². The lowest BCUT2D eigenvalue weighted by molar-refractivity contribution is -0.140. The summed E-state index contributed by atoms with van der Waals surface area (Å²) in [7, 11) is 1.59. The first-order chi connectivity index (χ1) is 18.8. The lowest BCUT2D eigenvalue weighted by Crippen LogP contribution is -2.38. The van der Waals surface area contributed by atoms with Gasteiger partial charge in [-0.1, -0.05) is 26.7 Å². The number of likely N-dealkylation sites (N-methyl/N-ethyl adjacent to an activating group) is 1. The quantitative estimate of drug-likeness (QED) is 0.145. The van der Waals surface area contributed by atoms with Gasteiger partial charge in [0, 0.05) is 38.1 Å². The van der Waals surface area contributed by atoms with Crippen molar-refractivity contribution in [3.8, 4) is 0 Å². The van der Waals surface area contributed by atoms with E-state index in [9.17, 15) is 38.4 Å². The zero-order valence-corrected chi connectivity index (χ0v) is 24.8. The third-order valence-electron chi connectivity index (χ3n) is 5.35. The molecule has 0 bridgehead atoms. The highest BCUT2D eigenvalue weighted by molar-refractivity contribution is 5.81. The highest BCUT2D eigenvalue weighted by atomic mass is 16.4. The second-order valence-electron chi connectivity index (χ2n) is 9.89. The normalized spacial score (nSPS) is 12.3. The van der Waals surface area contributed by atoms with Crippen molar-refractivity contribution in [1.82, 2.24) is 10.2 Å². The molecule has 0 rings (SSSR count). The van der Waals surface area contributed by atoms with Crippen LogP contribution in [0.15, 0.2) is 0 Å². The minimum Gasteiger partial charge on any atom is -0.481 e. The van der Waals surface area contributed by atoms with Crippen molar-refractivity contribution >= 4 is 47.1 Å². The highest BCUT2D eigenvalue weighted by Gasteiger charge is 2.21. The molecule has 0 spiro atoms. The summed E-state index contributed by atoms with van der Waals surface area (Å²) in [5, 5.41) is 36.6. The summed E-state index contributed by atoms with van der Waals surface area (Å²) in [6, 6.07) is -0.750. The first-order valence-electron chi connectivity index (χ1n) is 13.2. The van der Waals surface area contributed by atoms with Gasteiger partial charge in [-0.25, -0.2) is 0 Å². The number of carbonyl (C=O) groups is 8. The van der Waals surface area contributed by atoms with Gasteiger partial charge in [0.2, 0.25) is 5.91 Å². The van der Waals surface area contributed by atoms with Crippen LogP contribution in [0.1, 0.15) is 86.0 Å². The summed E-state index contributed by atoms with van der Waals surface area (Å²) < 4.78 is 0. The van der Waals surface area contributed by atoms with Crippen LogP contribution in [-0.4, -0.2) is 98.6 Å². The van der Waals surface area contributed by atoms with E-state index in [0.717, 1.165) is 6.42 Å². The van der Waals surface area contributed by atoms with Crippen molar-refractivity contribution in [3.63, 3.8) is 0 Å². The zero-order valence-electron chi connectivity index (χ0n) is 24.8. The molecule has 0 aromatic carbocycles. The highest BCUT2D eigenvalue weighted by Crippen LogP contribution is 2.14. The predicted octanol–water partition coefficient (Wildman–Crippen LogP) is 1.87. The van der Waals surface area contributed by atoms with Gasteiger partial charge in [-0.15, -0.1) is 0 Å². The van der Waals surface area contributed by atoms with E-state index in [0.29, 0.717) is 12.8 Å². The number of aliphatic carboxylic acids is 4.